The maximum atomic E-state index is 12.6. The number of nitrogens with zero attached hydrogens (tertiary/aromatic N) is 3. The first kappa shape index (κ1) is 16.0. The first-order valence-electron chi connectivity index (χ1n) is 7.52. The topological polar surface area (TPSA) is 45.6 Å². The Kier molecular flexibility index (Phi) is 4.70. The molecule has 5 nitrogen and oxygen atoms in total. The fraction of sp³-hybridized carbons (Fsp3) is 0.294. The van der Waals surface area contributed by atoms with Gasteiger partial charge in [0, 0.05) is 43.0 Å². The number of benzene rings is 1. The molecule has 1 aromatic carbocycles. The number of carbonyl (C=O) groups is 2. The van der Waals surface area contributed by atoms with E-state index < -0.39 is 0 Å². The van der Waals surface area contributed by atoms with Crippen LogP contribution in [0.2, 0.25) is 0 Å². The minimum absolute atomic E-state index is 0.0268. The van der Waals surface area contributed by atoms with E-state index >= 15 is 0 Å². The summed E-state index contributed by atoms with van der Waals surface area (Å²) in [7, 11) is 1.87. The smallest absolute Gasteiger partial charge is 0.270 e. The zero-order valence-electron chi connectivity index (χ0n) is 12.9. The lowest BCUT2D eigenvalue weighted by Crippen LogP contribution is -2.51. The first-order chi connectivity index (χ1) is 11.1. The largest absolute Gasteiger partial charge is 0.347 e. The highest BCUT2D eigenvalue weighted by atomic mass is 127. The summed E-state index contributed by atoms with van der Waals surface area (Å²) >= 11 is 2.18. The number of halogens is 1. The van der Waals surface area contributed by atoms with Crippen molar-refractivity contribution in [3.8, 4) is 0 Å². The van der Waals surface area contributed by atoms with Crippen molar-refractivity contribution in [2.75, 3.05) is 26.2 Å². The van der Waals surface area contributed by atoms with Crippen molar-refractivity contribution >= 4 is 34.4 Å². The Bertz CT molecular complexity index is 733. The third-order valence-corrected chi connectivity index (χ3v) is 5.06. The first-order valence-corrected chi connectivity index (χ1v) is 8.60. The van der Waals surface area contributed by atoms with Crippen molar-refractivity contribution in [3.05, 3.63) is 57.4 Å². The average Bonchev–Trinajstić information content (AvgIpc) is 3.00. The van der Waals surface area contributed by atoms with Crippen molar-refractivity contribution in [1.29, 1.82) is 0 Å². The van der Waals surface area contributed by atoms with Gasteiger partial charge in [-0.1, -0.05) is 12.1 Å². The third kappa shape index (κ3) is 3.26. The van der Waals surface area contributed by atoms with E-state index in [1.807, 2.05) is 64.0 Å². The fourth-order valence-corrected chi connectivity index (χ4v) is 3.38. The number of piperazine rings is 1. The van der Waals surface area contributed by atoms with Crippen LogP contribution in [-0.2, 0) is 7.05 Å². The van der Waals surface area contributed by atoms with Crippen molar-refractivity contribution in [2.24, 2.45) is 7.05 Å². The molecule has 6 heteroatoms. The number of hydrogen-bond donors (Lipinski definition) is 0. The van der Waals surface area contributed by atoms with Gasteiger partial charge < -0.3 is 14.4 Å². The molecule has 2 heterocycles. The molecule has 1 aromatic heterocycles. The van der Waals surface area contributed by atoms with Crippen LogP contribution in [0.25, 0.3) is 0 Å². The molecule has 0 unspecified atom stereocenters. The molecule has 23 heavy (non-hydrogen) atoms. The van der Waals surface area contributed by atoms with Crippen LogP contribution in [0.3, 0.4) is 0 Å². The van der Waals surface area contributed by atoms with Crippen LogP contribution in [0.15, 0.2) is 42.6 Å². The molecule has 0 spiro atoms. The molecule has 120 valence electrons. The molecule has 1 saturated heterocycles. The maximum absolute atomic E-state index is 12.6. The average molecular weight is 423 g/mol. The lowest BCUT2D eigenvalue weighted by molar-refractivity contribution is 0.0529. The van der Waals surface area contributed by atoms with Crippen molar-refractivity contribution in [3.63, 3.8) is 0 Å². The van der Waals surface area contributed by atoms with Crippen LogP contribution in [0.5, 0.6) is 0 Å². The molecule has 1 aliphatic heterocycles. The Morgan fingerprint density at radius 2 is 1.52 bits per heavy atom. The number of aromatic nitrogens is 1. The predicted octanol–water partition coefficient (Wildman–Crippen LogP) is 2.23. The normalized spacial score (nSPS) is 14.9. The van der Waals surface area contributed by atoms with E-state index in [2.05, 4.69) is 22.6 Å². The van der Waals surface area contributed by atoms with Crippen LogP contribution in [0.4, 0.5) is 0 Å². The molecule has 0 N–H and O–H groups in total. The molecule has 0 atom stereocenters. The summed E-state index contributed by atoms with van der Waals surface area (Å²) < 4.78 is 2.78. The lowest BCUT2D eigenvalue weighted by atomic mass is 10.2. The summed E-state index contributed by atoms with van der Waals surface area (Å²) in [4.78, 5) is 28.7. The van der Waals surface area contributed by atoms with Gasteiger partial charge in [-0.2, -0.15) is 0 Å². The van der Waals surface area contributed by atoms with Gasteiger partial charge in [-0.25, -0.2) is 0 Å². The van der Waals surface area contributed by atoms with Gasteiger partial charge in [0.05, 0.1) is 5.56 Å². The quantitative estimate of drug-likeness (QED) is 0.696. The van der Waals surface area contributed by atoms with E-state index in [1.54, 1.807) is 0 Å². The molecule has 0 aliphatic carbocycles. The Morgan fingerprint density at radius 3 is 2.09 bits per heavy atom. The summed E-state index contributed by atoms with van der Waals surface area (Å²) in [5, 5.41) is 0. The van der Waals surface area contributed by atoms with E-state index in [1.165, 1.54) is 0 Å². The van der Waals surface area contributed by atoms with Gasteiger partial charge in [0.25, 0.3) is 11.8 Å². The van der Waals surface area contributed by atoms with E-state index in [0.29, 0.717) is 31.9 Å². The second-order valence-corrected chi connectivity index (χ2v) is 6.73. The highest BCUT2D eigenvalue weighted by Gasteiger charge is 2.26. The van der Waals surface area contributed by atoms with Crippen molar-refractivity contribution < 1.29 is 9.59 Å². The summed E-state index contributed by atoms with van der Waals surface area (Å²) in [6.45, 7) is 2.28. The minimum Gasteiger partial charge on any atom is -0.347 e. The second-order valence-electron chi connectivity index (χ2n) is 5.57. The van der Waals surface area contributed by atoms with Gasteiger partial charge in [0.1, 0.15) is 5.69 Å². The summed E-state index contributed by atoms with van der Waals surface area (Å²) in [5.41, 5.74) is 1.41. The van der Waals surface area contributed by atoms with Gasteiger partial charge in [-0.05, 0) is 46.9 Å². The molecular weight excluding hydrogens is 405 g/mol. The van der Waals surface area contributed by atoms with E-state index in [9.17, 15) is 9.59 Å². The molecule has 0 radical (unpaired) electrons. The highest BCUT2D eigenvalue weighted by Crippen LogP contribution is 2.16. The van der Waals surface area contributed by atoms with Crippen LogP contribution < -0.4 is 0 Å². The molecular formula is C17H18IN3O2. The van der Waals surface area contributed by atoms with Gasteiger partial charge >= 0.3 is 0 Å². The number of rotatable bonds is 2. The SMILES string of the molecule is Cn1cccc1C(=O)N1CCN(C(=O)c2ccccc2I)CC1. The number of amides is 2. The van der Waals surface area contributed by atoms with Crippen LogP contribution in [0, 0.1) is 3.57 Å². The second kappa shape index (κ2) is 6.74. The summed E-state index contributed by atoms with van der Waals surface area (Å²) in [6, 6.07) is 11.3. The molecule has 1 aliphatic rings. The summed E-state index contributed by atoms with van der Waals surface area (Å²) in [5.74, 6) is 0.0693. The number of hydrogen-bond acceptors (Lipinski definition) is 2. The highest BCUT2D eigenvalue weighted by molar-refractivity contribution is 14.1. The minimum atomic E-state index is 0.0268. The Hall–Kier alpha value is -1.83. The predicted molar refractivity (Wildman–Crippen MR) is 96.4 cm³/mol. The maximum Gasteiger partial charge on any atom is 0.270 e. The summed E-state index contributed by atoms with van der Waals surface area (Å²) in [6.07, 6.45) is 1.87. The number of aryl methyl sites for hydroxylation is 1. The van der Waals surface area contributed by atoms with Crippen LogP contribution in [0.1, 0.15) is 20.8 Å². The van der Waals surface area contributed by atoms with Crippen molar-refractivity contribution in [1.82, 2.24) is 14.4 Å². The van der Waals surface area contributed by atoms with Gasteiger partial charge in [-0.15, -0.1) is 0 Å². The third-order valence-electron chi connectivity index (χ3n) is 4.12. The van der Waals surface area contributed by atoms with E-state index in [0.717, 1.165) is 9.13 Å². The Morgan fingerprint density at radius 1 is 0.913 bits per heavy atom. The number of carbonyl (C=O) groups excluding carboxylic acids is 2. The lowest BCUT2D eigenvalue weighted by Gasteiger charge is -2.35. The van der Waals surface area contributed by atoms with Crippen LogP contribution >= 0.6 is 22.6 Å². The van der Waals surface area contributed by atoms with Gasteiger partial charge in [0.2, 0.25) is 0 Å². The van der Waals surface area contributed by atoms with E-state index in [4.69, 9.17) is 0 Å². The fourth-order valence-electron chi connectivity index (χ4n) is 2.76. The standard InChI is InChI=1S/C17H18IN3O2/c1-19-8-4-7-15(19)17(23)21-11-9-20(10-12-21)16(22)13-5-2-3-6-14(13)18/h2-8H,9-12H2,1H3. The molecule has 3 rings (SSSR count). The van der Waals surface area contributed by atoms with Crippen LogP contribution in [-0.4, -0.2) is 52.4 Å². The van der Waals surface area contributed by atoms with Gasteiger partial charge in [-0.3, -0.25) is 9.59 Å². The zero-order valence-corrected chi connectivity index (χ0v) is 15.1. The molecule has 1 fully saturated rings. The molecule has 0 bridgehead atoms. The zero-order chi connectivity index (χ0) is 16.4. The van der Waals surface area contributed by atoms with Gasteiger partial charge in [0.15, 0.2) is 0 Å². The van der Waals surface area contributed by atoms with Crippen molar-refractivity contribution in [2.45, 2.75) is 0 Å². The Balaban J connectivity index is 1.65. The molecule has 0 saturated carbocycles. The molecule has 2 aromatic rings. The van der Waals surface area contributed by atoms with E-state index in [-0.39, 0.29) is 11.8 Å². The monoisotopic (exact) mass is 423 g/mol. The molecule has 2 amide bonds. The Labute approximate surface area is 149 Å².